The molecule has 0 spiro atoms. The molecule has 1 aliphatic heterocycles. The number of nitriles is 1. The lowest BCUT2D eigenvalue weighted by Crippen LogP contribution is -2.45. The second-order valence-electron chi connectivity index (χ2n) is 8.63. The predicted octanol–water partition coefficient (Wildman–Crippen LogP) is 4.64. The van der Waals surface area contributed by atoms with Gasteiger partial charge in [-0.3, -0.25) is 9.78 Å². The number of benzene rings is 3. The van der Waals surface area contributed by atoms with E-state index in [1.807, 2.05) is 30.3 Å². The monoisotopic (exact) mass is 464 g/mol. The van der Waals surface area contributed by atoms with E-state index in [2.05, 4.69) is 16.5 Å². The van der Waals surface area contributed by atoms with Gasteiger partial charge in [0.05, 0.1) is 22.9 Å². The van der Waals surface area contributed by atoms with Crippen molar-refractivity contribution in [2.24, 2.45) is 0 Å². The van der Waals surface area contributed by atoms with Crippen molar-refractivity contribution < 1.29 is 14.7 Å². The van der Waals surface area contributed by atoms with Crippen molar-refractivity contribution in [3.05, 3.63) is 102 Å². The third-order valence-electron chi connectivity index (χ3n) is 6.44. The Hall–Kier alpha value is -4.41. The number of likely N-dealkylation sites (tertiary alicyclic amines) is 1. The first-order chi connectivity index (χ1) is 17.1. The Kier molecular flexibility index (Phi) is 6.04. The summed E-state index contributed by atoms with van der Waals surface area (Å²) in [6, 6.07) is 25.8. The number of carbonyl (C=O) groups is 1. The van der Waals surface area contributed by atoms with Gasteiger partial charge < -0.3 is 14.8 Å². The van der Waals surface area contributed by atoms with Crippen LogP contribution < -0.4 is 10.3 Å². The molecule has 7 heteroatoms. The molecular weight excluding hydrogens is 440 g/mol. The van der Waals surface area contributed by atoms with Crippen LogP contribution in [-0.4, -0.2) is 34.0 Å². The fraction of sp³-hybridized carbons (Fsp3) is 0.179. The standard InChI is InChI=1S/C28H24N4O3/c29-19-20-6-10-23(11-7-20)28(34)14-17-32(18-15-28)27(33)22-8-12-24(13-9-22)31-35-25-5-1-3-21-4-2-16-30-26(21)25/h1-13,16,31,34H,14-15,17-18H2. The highest BCUT2D eigenvalue weighted by Gasteiger charge is 2.35. The van der Waals surface area contributed by atoms with Crippen LogP contribution in [-0.2, 0) is 5.60 Å². The van der Waals surface area contributed by atoms with Crippen molar-refractivity contribution in [2.75, 3.05) is 18.6 Å². The van der Waals surface area contributed by atoms with Crippen LogP contribution in [0.4, 0.5) is 5.69 Å². The van der Waals surface area contributed by atoms with E-state index in [0.717, 1.165) is 16.5 Å². The Labute approximate surface area is 203 Å². The summed E-state index contributed by atoms with van der Waals surface area (Å²) in [6.07, 6.45) is 2.61. The van der Waals surface area contributed by atoms with Crippen LogP contribution in [0.15, 0.2) is 85.1 Å². The fourth-order valence-electron chi connectivity index (χ4n) is 4.36. The number of nitrogens with zero attached hydrogens (tertiary/aromatic N) is 3. The van der Waals surface area contributed by atoms with Gasteiger partial charge in [-0.15, -0.1) is 0 Å². The summed E-state index contributed by atoms with van der Waals surface area (Å²) >= 11 is 0. The second-order valence-corrected chi connectivity index (χ2v) is 8.63. The van der Waals surface area contributed by atoms with E-state index in [9.17, 15) is 9.90 Å². The number of amides is 1. The van der Waals surface area contributed by atoms with Crippen LogP contribution >= 0.6 is 0 Å². The maximum absolute atomic E-state index is 13.0. The van der Waals surface area contributed by atoms with Gasteiger partial charge in [-0.25, -0.2) is 5.48 Å². The van der Waals surface area contributed by atoms with E-state index in [0.29, 0.717) is 48.5 Å². The molecular formula is C28H24N4O3. The molecule has 1 aliphatic rings. The molecule has 2 heterocycles. The second kappa shape index (κ2) is 9.45. The Morgan fingerprint density at radius 2 is 1.71 bits per heavy atom. The number of fused-ring (bicyclic) bond motifs is 1. The van der Waals surface area contributed by atoms with Crippen molar-refractivity contribution in [2.45, 2.75) is 18.4 Å². The van der Waals surface area contributed by atoms with Gasteiger partial charge in [0.15, 0.2) is 5.75 Å². The molecule has 4 aromatic rings. The molecule has 5 rings (SSSR count). The van der Waals surface area contributed by atoms with Gasteiger partial charge in [0.1, 0.15) is 5.52 Å². The van der Waals surface area contributed by atoms with Crippen LogP contribution in [0.3, 0.4) is 0 Å². The molecule has 1 fully saturated rings. The first-order valence-electron chi connectivity index (χ1n) is 11.4. The molecule has 3 aromatic carbocycles. The SMILES string of the molecule is N#Cc1ccc(C2(O)CCN(C(=O)c3ccc(NOc4cccc5cccnc45)cc3)CC2)cc1. The van der Waals surface area contributed by atoms with Crippen molar-refractivity contribution in [1.29, 1.82) is 5.26 Å². The van der Waals surface area contributed by atoms with Crippen molar-refractivity contribution >= 4 is 22.5 Å². The summed E-state index contributed by atoms with van der Waals surface area (Å²) in [7, 11) is 0. The minimum absolute atomic E-state index is 0.0717. The Bertz CT molecular complexity index is 1380. The molecule has 1 aromatic heterocycles. The predicted molar refractivity (Wildman–Crippen MR) is 133 cm³/mol. The van der Waals surface area contributed by atoms with E-state index < -0.39 is 5.60 Å². The van der Waals surface area contributed by atoms with E-state index in [4.69, 9.17) is 10.1 Å². The van der Waals surface area contributed by atoms with Gasteiger partial charge in [0, 0.05) is 30.2 Å². The topological polar surface area (TPSA) is 98.5 Å². The molecule has 0 bridgehead atoms. The van der Waals surface area contributed by atoms with Crippen LogP contribution in [0.2, 0.25) is 0 Å². The Morgan fingerprint density at radius 1 is 1.00 bits per heavy atom. The molecule has 0 saturated carbocycles. The molecule has 0 atom stereocenters. The highest BCUT2D eigenvalue weighted by molar-refractivity contribution is 5.94. The molecule has 0 aliphatic carbocycles. The summed E-state index contributed by atoms with van der Waals surface area (Å²) in [5, 5.41) is 21.0. The number of aliphatic hydroxyl groups is 1. The average Bonchev–Trinajstić information content (AvgIpc) is 2.92. The first-order valence-corrected chi connectivity index (χ1v) is 11.4. The number of rotatable bonds is 5. The van der Waals surface area contributed by atoms with Gasteiger partial charge in [-0.1, -0.05) is 30.3 Å². The van der Waals surface area contributed by atoms with Crippen molar-refractivity contribution in [3.8, 4) is 11.8 Å². The number of para-hydroxylation sites is 1. The normalized spacial score (nSPS) is 14.8. The zero-order valence-corrected chi connectivity index (χ0v) is 19.0. The first kappa shape index (κ1) is 22.4. The maximum atomic E-state index is 13.0. The lowest BCUT2D eigenvalue weighted by atomic mass is 9.84. The van der Waals surface area contributed by atoms with E-state index >= 15 is 0 Å². The Morgan fingerprint density at radius 3 is 2.43 bits per heavy atom. The lowest BCUT2D eigenvalue weighted by Gasteiger charge is -2.38. The highest BCUT2D eigenvalue weighted by Crippen LogP contribution is 2.33. The van der Waals surface area contributed by atoms with Crippen LogP contribution in [0.1, 0.15) is 34.3 Å². The minimum Gasteiger partial charge on any atom is -0.385 e. The average molecular weight is 465 g/mol. The molecule has 1 saturated heterocycles. The third kappa shape index (κ3) is 4.65. The number of pyridine rings is 1. The largest absolute Gasteiger partial charge is 0.385 e. The van der Waals surface area contributed by atoms with Crippen LogP contribution in [0.25, 0.3) is 10.9 Å². The summed E-state index contributed by atoms with van der Waals surface area (Å²) < 4.78 is 0. The quantitative estimate of drug-likeness (QED) is 0.418. The van der Waals surface area contributed by atoms with Gasteiger partial charge in [-0.05, 0) is 66.9 Å². The number of carbonyl (C=O) groups excluding carboxylic acids is 1. The van der Waals surface area contributed by atoms with Crippen molar-refractivity contribution in [1.82, 2.24) is 9.88 Å². The molecule has 0 radical (unpaired) electrons. The number of hydrogen-bond donors (Lipinski definition) is 2. The zero-order valence-electron chi connectivity index (χ0n) is 19.0. The molecule has 2 N–H and O–H groups in total. The summed E-state index contributed by atoms with van der Waals surface area (Å²) in [6.45, 7) is 0.902. The summed E-state index contributed by atoms with van der Waals surface area (Å²) in [5.74, 6) is 0.545. The molecule has 0 unspecified atom stereocenters. The number of anilines is 1. The van der Waals surface area contributed by atoms with Gasteiger partial charge in [-0.2, -0.15) is 5.26 Å². The maximum Gasteiger partial charge on any atom is 0.253 e. The van der Waals surface area contributed by atoms with Gasteiger partial charge >= 0.3 is 0 Å². The Balaban J connectivity index is 1.19. The zero-order chi connectivity index (χ0) is 24.3. The van der Waals surface area contributed by atoms with Crippen molar-refractivity contribution in [3.63, 3.8) is 0 Å². The molecule has 35 heavy (non-hydrogen) atoms. The highest BCUT2D eigenvalue weighted by atomic mass is 16.6. The van der Waals surface area contributed by atoms with Gasteiger partial charge in [0.25, 0.3) is 5.91 Å². The summed E-state index contributed by atoms with van der Waals surface area (Å²) in [5.41, 5.74) is 5.31. The minimum atomic E-state index is -0.994. The number of piperidine rings is 1. The number of nitrogens with one attached hydrogen (secondary N) is 1. The van der Waals surface area contributed by atoms with E-state index in [1.165, 1.54) is 0 Å². The van der Waals surface area contributed by atoms with E-state index in [1.54, 1.807) is 59.6 Å². The third-order valence-corrected chi connectivity index (χ3v) is 6.44. The summed E-state index contributed by atoms with van der Waals surface area (Å²) in [4.78, 5) is 24.9. The number of hydrogen-bond acceptors (Lipinski definition) is 6. The van der Waals surface area contributed by atoms with Gasteiger partial charge in [0.2, 0.25) is 0 Å². The van der Waals surface area contributed by atoms with E-state index in [-0.39, 0.29) is 5.91 Å². The fourth-order valence-corrected chi connectivity index (χ4v) is 4.36. The van der Waals surface area contributed by atoms with Crippen LogP contribution in [0, 0.1) is 11.3 Å². The molecule has 1 amide bonds. The van der Waals surface area contributed by atoms with Crippen LogP contribution in [0.5, 0.6) is 5.75 Å². The lowest BCUT2D eigenvalue weighted by molar-refractivity contribution is -0.0211. The number of aromatic nitrogens is 1. The smallest absolute Gasteiger partial charge is 0.253 e. The molecule has 174 valence electrons. The molecule has 7 nitrogen and oxygen atoms in total.